The van der Waals surface area contributed by atoms with E-state index in [0.717, 1.165) is 30.8 Å². The quantitative estimate of drug-likeness (QED) is 0.743. The van der Waals surface area contributed by atoms with Gasteiger partial charge in [-0.25, -0.2) is 0 Å². The molecule has 1 atom stereocenters. The number of carbonyl (C=O) groups is 1. The van der Waals surface area contributed by atoms with E-state index in [2.05, 4.69) is 5.32 Å². The molecule has 3 nitrogen and oxygen atoms in total. The molecular formula is C11H15NO2. The summed E-state index contributed by atoms with van der Waals surface area (Å²) in [5.41, 5.74) is 0. The highest BCUT2D eigenvalue weighted by Gasteiger charge is 2.20. The fraction of sp³-hybridized carbons (Fsp3) is 0.545. The molecule has 1 fully saturated rings. The fourth-order valence-corrected chi connectivity index (χ4v) is 1.83. The van der Waals surface area contributed by atoms with Crippen molar-refractivity contribution in [1.29, 1.82) is 0 Å². The molecule has 0 saturated carbocycles. The van der Waals surface area contributed by atoms with E-state index >= 15 is 0 Å². The van der Waals surface area contributed by atoms with Crippen LogP contribution in [0.5, 0.6) is 0 Å². The normalized spacial score (nSPS) is 22.9. The minimum absolute atomic E-state index is 0.0821. The Hall–Kier alpha value is -1.25. The first-order valence-corrected chi connectivity index (χ1v) is 5.11. The number of hydrogen-bond acceptors (Lipinski definition) is 2. The third-order valence-corrected chi connectivity index (χ3v) is 2.59. The van der Waals surface area contributed by atoms with Gasteiger partial charge in [0, 0.05) is 6.42 Å². The molecule has 1 saturated heterocycles. The van der Waals surface area contributed by atoms with Crippen molar-refractivity contribution in [3.63, 3.8) is 0 Å². The van der Waals surface area contributed by atoms with Crippen LogP contribution >= 0.6 is 0 Å². The molecule has 2 heterocycles. The van der Waals surface area contributed by atoms with Gasteiger partial charge in [-0.15, -0.1) is 0 Å². The Morgan fingerprint density at radius 3 is 3.00 bits per heavy atom. The van der Waals surface area contributed by atoms with E-state index in [1.54, 1.807) is 0 Å². The first-order valence-electron chi connectivity index (χ1n) is 5.11. The van der Waals surface area contributed by atoms with E-state index in [4.69, 9.17) is 4.42 Å². The van der Waals surface area contributed by atoms with Crippen molar-refractivity contribution in [3.05, 3.63) is 23.7 Å². The van der Waals surface area contributed by atoms with Gasteiger partial charge in [-0.1, -0.05) is 6.42 Å². The highest BCUT2D eigenvalue weighted by molar-refractivity contribution is 5.76. The van der Waals surface area contributed by atoms with Crippen molar-refractivity contribution in [3.8, 4) is 0 Å². The zero-order chi connectivity index (χ0) is 9.97. The number of furan rings is 1. The average Bonchev–Trinajstić information content (AvgIpc) is 2.45. The third-order valence-electron chi connectivity index (χ3n) is 2.59. The van der Waals surface area contributed by atoms with Crippen molar-refractivity contribution in [2.45, 2.75) is 38.6 Å². The van der Waals surface area contributed by atoms with Gasteiger partial charge in [-0.3, -0.25) is 4.79 Å². The second kappa shape index (κ2) is 3.86. The summed E-state index contributed by atoms with van der Waals surface area (Å²) in [4.78, 5) is 11.3. The van der Waals surface area contributed by atoms with E-state index in [-0.39, 0.29) is 11.9 Å². The minimum Gasteiger partial charge on any atom is -0.464 e. The van der Waals surface area contributed by atoms with Crippen LogP contribution in [-0.4, -0.2) is 5.91 Å². The summed E-state index contributed by atoms with van der Waals surface area (Å²) < 4.78 is 5.51. The zero-order valence-electron chi connectivity index (χ0n) is 8.38. The number of rotatable bonds is 1. The van der Waals surface area contributed by atoms with Crippen LogP contribution in [0.15, 0.2) is 16.5 Å². The second-order valence-electron chi connectivity index (χ2n) is 3.81. The Balaban J connectivity index is 2.12. The Kier molecular flexibility index (Phi) is 2.57. The van der Waals surface area contributed by atoms with E-state index in [9.17, 15) is 4.79 Å². The maximum absolute atomic E-state index is 11.3. The first-order chi connectivity index (χ1) is 6.75. The average molecular weight is 193 g/mol. The topological polar surface area (TPSA) is 42.2 Å². The van der Waals surface area contributed by atoms with Gasteiger partial charge < -0.3 is 9.73 Å². The summed E-state index contributed by atoms with van der Waals surface area (Å²) >= 11 is 0. The van der Waals surface area contributed by atoms with Crippen LogP contribution < -0.4 is 5.32 Å². The van der Waals surface area contributed by atoms with Crippen LogP contribution in [0.3, 0.4) is 0 Å². The SMILES string of the molecule is Cc1ccc(C2CCCCC(=O)N2)o1. The highest BCUT2D eigenvalue weighted by Crippen LogP contribution is 2.24. The molecule has 1 aliphatic rings. The Morgan fingerprint density at radius 2 is 2.29 bits per heavy atom. The van der Waals surface area contributed by atoms with Crippen molar-refractivity contribution < 1.29 is 9.21 Å². The van der Waals surface area contributed by atoms with E-state index in [0.29, 0.717) is 6.42 Å². The molecule has 0 aromatic carbocycles. The smallest absolute Gasteiger partial charge is 0.220 e. The molecule has 1 N–H and O–H groups in total. The van der Waals surface area contributed by atoms with E-state index in [1.165, 1.54) is 0 Å². The first kappa shape index (κ1) is 9.31. The number of nitrogens with one attached hydrogen (secondary N) is 1. The summed E-state index contributed by atoms with van der Waals surface area (Å²) in [6.45, 7) is 1.92. The molecule has 1 aliphatic heterocycles. The molecule has 0 radical (unpaired) electrons. The van der Waals surface area contributed by atoms with Crippen LogP contribution in [-0.2, 0) is 4.79 Å². The molecule has 0 spiro atoms. The number of carbonyl (C=O) groups excluding carboxylic acids is 1. The zero-order valence-corrected chi connectivity index (χ0v) is 8.38. The molecule has 76 valence electrons. The molecule has 1 unspecified atom stereocenters. The third kappa shape index (κ3) is 1.97. The molecule has 1 aromatic rings. The Bertz CT molecular complexity index is 330. The second-order valence-corrected chi connectivity index (χ2v) is 3.81. The van der Waals surface area contributed by atoms with Gasteiger partial charge in [-0.05, 0) is 31.9 Å². The number of aryl methyl sites for hydroxylation is 1. The largest absolute Gasteiger partial charge is 0.464 e. The molecule has 1 amide bonds. The van der Waals surface area contributed by atoms with Crippen LogP contribution in [0.4, 0.5) is 0 Å². The van der Waals surface area contributed by atoms with Crippen LogP contribution in [0.2, 0.25) is 0 Å². The lowest BCUT2D eigenvalue weighted by Gasteiger charge is -2.12. The van der Waals surface area contributed by atoms with Gasteiger partial charge >= 0.3 is 0 Å². The summed E-state index contributed by atoms with van der Waals surface area (Å²) in [6, 6.07) is 3.97. The van der Waals surface area contributed by atoms with Crippen LogP contribution in [0, 0.1) is 6.92 Å². The standard InChI is InChI=1S/C11H15NO2/c1-8-6-7-10(14-8)9-4-2-3-5-11(13)12-9/h6-7,9H,2-5H2,1H3,(H,12,13). The van der Waals surface area contributed by atoms with Crippen LogP contribution in [0.1, 0.15) is 43.2 Å². The predicted octanol–water partition coefficient (Wildman–Crippen LogP) is 2.32. The van der Waals surface area contributed by atoms with Gasteiger partial charge in [0.05, 0.1) is 6.04 Å². The van der Waals surface area contributed by atoms with Crippen LogP contribution in [0.25, 0.3) is 0 Å². The Labute approximate surface area is 83.5 Å². The monoisotopic (exact) mass is 193 g/mol. The molecule has 0 aliphatic carbocycles. The van der Waals surface area contributed by atoms with E-state index < -0.39 is 0 Å². The maximum atomic E-state index is 11.3. The van der Waals surface area contributed by atoms with Crippen molar-refractivity contribution in [1.82, 2.24) is 5.32 Å². The molecule has 3 heteroatoms. The fourth-order valence-electron chi connectivity index (χ4n) is 1.83. The lowest BCUT2D eigenvalue weighted by molar-refractivity contribution is -0.121. The lowest BCUT2D eigenvalue weighted by Crippen LogP contribution is -2.25. The van der Waals surface area contributed by atoms with Crippen molar-refractivity contribution >= 4 is 5.91 Å². The van der Waals surface area contributed by atoms with Gasteiger partial charge in [-0.2, -0.15) is 0 Å². The number of hydrogen-bond donors (Lipinski definition) is 1. The summed E-state index contributed by atoms with van der Waals surface area (Å²) in [5.74, 6) is 1.93. The van der Waals surface area contributed by atoms with Gasteiger partial charge in [0.1, 0.15) is 11.5 Å². The van der Waals surface area contributed by atoms with E-state index in [1.807, 2.05) is 19.1 Å². The van der Waals surface area contributed by atoms with Gasteiger partial charge in [0.15, 0.2) is 0 Å². The number of amides is 1. The Morgan fingerprint density at radius 1 is 1.43 bits per heavy atom. The molecule has 2 rings (SSSR count). The van der Waals surface area contributed by atoms with Gasteiger partial charge in [0.2, 0.25) is 5.91 Å². The maximum Gasteiger partial charge on any atom is 0.220 e. The summed E-state index contributed by atoms with van der Waals surface area (Å²) in [5, 5.41) is 2.98. The predicted molar refractivity (Wildman–Crippen MR) is 52.8 cm³/mol. The summed E-state index contributed by atoms with van der Waals surface area (Å²) in [7, 11) is 0. The van der Waals surface area contributed by atoms with Crippen molar-refractivity contribution in [2.75, 3.05) is 0 Å². The van der Waals surface area contributed by atoms with Gasteiger partial charge in [0.25, 0.3) is 0 Å². The molecule has 1 aromatic heterocycles. The molecule has 0 bridgehead atoms. The van der Waals surface area contributed by atoms with Crippen molar-refractivity contribution in [2.24, 2.45) is 0 Å². The molecule has 14 heavy (non-hydrogen) atoms. The lowest BCUT2D eigenvalue weighted by atomic mass is 10.1. The minimum atomic E-state index is 0.0821. The highest BCUT2D eigenvalue weighted by atomic mass is 16.3. The summed E-state index contributed by atoms with van der Waals surface area (Å²) in [6.07, 6.45) is 3.71. The molecular weight excluding hydrogens is 178 g/mol.